The van der Waals surface area contributed by atoms with Crippen molar-refractivity contribution >= 4 is 5.91 Å². The van der Waals surface area contributed by atoms with Gasteiger partial charge in [0.05, 0.1) is 0 Å². The van der Waals surface area contributed by atoms with E-state index in [-0.39, 0.29) is 11.3 Å². The molecule has 2 aliphatic rings. The van der Waals surface area contributed by atoms with Crippen LogP contribution in [0.15, 0.2) is 0 Å². The molecule has 2 rings (SSSR count). The van der Waals surface area contributed by atoms with Gasteiger partial charge in [0.1, 0.15) is 0 Å². The predicted octanol–water partition coefficient (Wildman–Crippen LogP) is 1.68. The van der Waals surface area contributed by atoms with Crippen LogP contribution in [0, 0.1) is 10.8 Å². The van der Waals surface area contributed by atoms with Crippen LogP contribution in [0.5, 0.6) is 0 Å². The van der Waals surface area contributed by atoms with Crippen molar-refractivity contribution in [3.05, 3.63) is 0 Å². The van der Waals surface area contributed by atoms with Crippen LogP contribution in [0.3, 0.4) is 0 Å². The maximum absolute atomic E-state index is 12.0. The molecule has 0 bridgehead atoms. The summed E-state index contributed by atoms with van der Waals surface area (Å²) >= 11 is 0. The van der Waals surface area contributed by atoms with Crippen LogP contribution >= 0.6 is 0 Å². The molecule has 92 valence electrons. The van der Waals surface area contributed by atoms with E-state index in [4.69, 9.17) is 0 Å². The molecule has 1 aliphatic carbocycles. The van der Waals surface area contributed by atoms with E-state index in [2.05, 4.69) is 10.6 Å². The molecule has 1 aliphatic heterocycles. The summed E-state index contributed by atoms with van der Waals surface area (Å²) in [5.41, 5.74) is 0.163. The van der Waals surface area contributed by atoms with E-state index < -0.39 is 0 Å². The molecule has 0 unspecified atom stereocenters. The summed E-state index contributed by atoms with van der Waals surface area (Å²) in [7, 11) is 0. The minimum absolute atomic E-state index is 0.204. The number of nitrogens with one attached hydrogen (secondary N) is 2. The Balaban J connectivity index is 1.93. The fourth-order valence-corrected chi connectivity index (χ4v) is 2.82. The molecule has 2 fully saturated rings. The van der Waals surface area contributed by atoms with Gasteiger partial charge in [-0.25, -0.2) is 0 Å². The van der Waals surface area contributed by atoms with E-state index >= 15 is 0 Å². The highest BCUT2D eigenvalue weighted by Crippen LogP contribution is 2.48. The summed E-state index contributed by atoms with van der Waals surface area (Å²) < 4.78 is 0. The van der Waals surface area contributed by atoms with Crippen molar-refractivity contribution in [1.29, 1.82) is 0 Å². The van der Waals surface area contributed by atoms with Gasteiger partial charge in [0.25, 0.3) is 0 Å². The van der Waals surface area contributed by atoms with Crippen molar-refractivity contribution in [1.82, 2.24) is 10.6 Å². The normalized spacial score (nSPS) is 28.6. The Labute approximate surface area is 98.4 Å². The average molecular weight is 224 g/mol. The highest BCUT2D eigenvalue weighted by Gasteiger charge is 2.48. The van der Waals surface area contributed by atoms with E-state index in [1.54, 1.807) is 0 Å². The molecule has 16 heavy (non-hydrogen) atoms. The van der Waals surface area contributed by atoms with Gasteiger partial charge >= 0.3 is 0 Å². The van der Waals surface area contributed by atoms with Crippen molar-refractivity contribution in [2.45, 2.75) is 52.5 Å². The maximum Gasteiger partial charge on any atom is 0.225 e. The van der Waals surface area contributed by atoms with Crippen molar-refractivity contribution < 1.29 is 4.79 Å². The first-order chi connectivity index (χ1) is 7.44. The summed E-state index contributed by atoms with van der Waals surface area (Å²) in [5.74, 6) is 0.204. The Hall–Kier alpha value is -0.570. The van der Waals surface area contributed by atoms with Gasteiger partial charge in [-0.2, -0.15) is 0 Å². The van der Waals surface area contributed by atoms with E-state index in [1.807, 2.05) is 20.8 Å². The van der Waals surface area contributed by atoms with E-state index in [9.17, 15) is 4.79 Å². The van der Waals surface area contributed by atoms with Gasteiger partial charge in [-0.1, -0.05) is 20.8 Å². The van der Waals surface area contributed by atoms with Gasteiger partial charge < -0.3 is 10.6 Å². The molecule has 1 atom stereocenters. The molecular weight excluding hydrogens is 200 g/mol. The topological polar surface area (TPSA) is 41.1 Å². The average Bonchev–Trinajstić information content (AvgIpc) is 2.24. The molecular formula is C13H24N2O. The molecule has 2 N–H and O–H groups in total. The SMILES string of the molecule is CC(C)(C)C(=O)N[C@H]1CCC12CCNCC2. The standard InChI is InChI=1S/C13H24N2O/c1-12(2,3)11(16)15-10-4-5-13(10)6-8-14-9-7-13/h10,14H,4-9H2,1-3H3,(H,15,16)/t10-/m0/s1. The summed E-state index contributed by atoms with van der Waals surface area (Å²) in [6.45, 7) is 8.17. The van der Waals surface area contributed by atoms with Gasteiger partial charge in [0.15, 0.2) is 0 Å². The second-order valence-corrected chi connectivity index (χ2v) is 6.43. The van der Waals surface area contributed by atoms with Gasteiger partial charge in [0.2, 0.25) is 5.91 Å². The van der Waals surface area contributed by atoms with Crippen LogP contribution in [-0.4, -0.2) is 25.0 Å². The Morgan fingerprint density at radius 1 is 1.25 bits per heavy atom. The number of hydrogen-bond acceptors (Lipinski definition) is 2. The molecule has 3 nitrogen and oxygen atoms in total. The lowest BCUT2D eigenvalue weighted by molar-refractivity contribution is -0.132. The van der Waals surface area contributed by atoms with Gasteiger partial charge in [-0.15, -0.1) is 0 Å². The molecule has 0 radical (unpaired) electrons. The lowest BCUT2D eigenvalue weighted by atomic mass is 9.59. The quantitative estimate of drug-likeness (QED) is 0.711. The molecule has 0 aromatic rings. The van der Waals surface area contributed by atoms with E-state index in [0.717, 1.165) is 13.1 Å². The molecule has 0 aromatic heterocycles. The molecule has 3 heteroatoms. The zero-order valence-electron chi connectivity index (χ0n) is 10.7. The van der Waals surface area contributed by atoms with Crippen LogP contribution in [0.1, 0.15) is 46.5 Å². The minimum Gasteiger partial charge on any atom is -0.352 e. The largest absolute Gasteiger partial charge is 0.352 e. The Kier molecular flexibility index (Phi) is 2.99. The van der Waals surface area contributed by atoms with Crippen molar-refractivity contribution in [3.63, 3.8) is 0 Å². The highest BCUT2D eigenvalue weighted by atomic mass is 16.2. The fourth-order valence-electron chi connectivity index (χ4n) is 2.82. The van der Waals surface area contributed by atoms with Crippen LogP contribution in [0.4, 0.5) is 0 Å². The molecule has 0 aromatic carbocycles. The third-order valence-electron chi connectivity index (χ3n) is 4.26. The Bertz CT molecular complexity index is 274. The first-order valence-electron chi connectivity index (χ1n) is 6.46. The number of rotatable bonds is 1. The van der Waals surface area contributed by atoms with Crippen LogP contribution < -0.4 is 10.6 Å². The molecule has 1 amide bonds. The van der Waals surface area contributed by atoms with Crippen molar-refractivity contribution in [2.24, 2.45) is 10.8 Å². The highest BCUT2D eigenvalue weighted by molar-refractivity contribution is 5.81. The Morgan fingerprint density at radius 3 is 2.31 bits per heavy atom. The third-order valence-corrected chi connectivity index (χ3v) is 4.26. The monoisotopic (exact) mass is 224 g/mol. The third kappa shape index (κ3) is 2.10. The fraction of sp³-hybridized carbons (Fsp3) is 0.923. The lowest BCUT2D eigenvalue weighted by Gasteiger charge is -2.52. The van der Waals surface area contributed by atoms with Crippen LogP contribution in [0.2, 0.25) is 0 Å². The van der Waals surface area contributed by atoms with Crippen LogP contribution in [-0.2, 0) is 4.79 Å². The molecule has 1 saturated heterocycles. The number of hydrogen-bond donors (Lipinski definition) is 2. The summed E-state index contributed by atoms with van der Waals surface area (Å²) in [5, 5.41) is 6.65. The van der Waals surface area contributed by atoms with E-state index in [1.165, 1.54) is 25.7 Å². The van der Waals surface area contributed by atoms with Gasteiger partial charge in [0, 0.05) is 11.5 Å². The van der Waals surface area contributed by atoms with Crippen molar-refractivity contribution in [2.75, 3.05) is 13.1 Å². The first kappa shape index (κ1) is 11.9. The number of carbonyl (C=O) groups is 1. The zero-order valence-corrected chi connectivity index (χ0v) is 10.7. The lowest BCUT2D eigenvalue weighted by Crippen LogP contribution is -2.60. The first-order valence-corrected chi connectivity index (χ1v) is 6.46. The van der Waals surface area contributed by atoms with Gasteiger partial charge in [-0.05, 0) is 44.2 Å². The second kappa shape index (κ2) is 4.02. The number of amides is 1. The maximum atomic E-state index is 12.0. The number of piperidine rings is 1. The smallest absolute Gasteiger partial charge is 0.225 e. The summed E-state index contributed by atoms with van der Waals surface area (Å²) in [6.07, 6.45) is 4.91. The zero-order chi connectivity index (χ0) is 11.8. The summed E-state index contributed by atoms with van der Waals surface area (Å²) in [4.78, 5) is 12.0. The van der Waals surface area contributed by atoms with Crippen LogP contribution in [0.25, 0.3) is 0 Å². The summed E-state index contributed by atoms with van der Waals surface area (Å²) in [6, 6.07) is 0.432. The number of carbonyl (C=O) groups excluding carboxylic acids is 1. The van der Waals surface area contributed by atoms with Crippen molar-refractivity contribution in [3.8, 4) is 0 Å². The molecule has 1 heterocycles. The minimum atomic E-state index is -0.260. The molecule has 1 spiro atoms. The molecule has 1 saturated carbocycles. The second-order valence-electron chi connectivity index (χ2n) is 6.43. The van der Waals surface area contributed by atoms with E-state index in [0.29, 0.717) is 11.5 Å². The van der Waals surface area contributed by atoms with Gasteiger partial charge in [-0.3, -0.25) is 4.79 Å². The predicted molar refractivity (Wildman–Crippen MR) is 65.2 cm³/mol. The Morgan fingerprint density at radius 2 is 1.88 bits per heavy atom.